The average molecular weight is 334 g/mol. The van der Waals surface area contributed by atoms with E-state index >= 15 is 0 Å². The normalized spacial score (nSPS) is 11.4. The Morgan fingerprint density at radius 1 is 1.04 bits per heavy atom. The smallest absolute Gasteiger partial charge is 0.319 e. The summed E-state index contributed by atoms with van der Waals surface area (Å²) in [6.07, 6.45) is -4.67. The number of nitrogens with zero attached hydrogens (tertiary/aromatic N) is 1. The summed E-state index contributed by atoms with van der Waals surface area (Å²) in [6.45, 7) is 1.16. The number of halogens is 6. The first-order valence-electron chi connectivity index (χ1n) is 6.11. The molecule has 0 aliphatic carbocycles. The van der Waals surface area contributed by atoms with Crippen LogP contribution in [0.2, 0.25) is 0 Å². The van der Waals surface area contributed by atoms with Crippen molar-refractivity contribution in [2.75, 3.05) is 5.32 Å². The summed E-state index contributed by atoms with van der Waals surface area (Å²) in [5, 5.41) is 1.95. The predicted octanol–water partition coefficient (Wildman–Crippen LogP) is 4.08. The minimum absolute atomic E-state index is 0.250. The quantitative estimate of drug-likeness (QED) is 0.664. The molecule has 2 rings (SSSR count). The maximum Gasteiger partial charge on any atom is 0.433 e. The molecule has 23 heavy (non-hydrogen) atoms. The van der Waals surface area contributed by atoms with Crippen molar-refractivity contribution in [3.8, 4) is 0 Å². The summed E-state index contributed by atoms with van der Waals surface area (Å²) in [5.74, 6) is -5.83. The van der Waals surface area contributed by atoms with Gasteiger partial charge < -0.3 is 5.32 Å². The van der Waals surface area contributed by atoms with Crippen molar-refractivity contribution < 1.29 is 31.1 Å². The Morgan fingerprint density at radius 2 is 1.70 bits per heavy atom. The monoisotopic (exact) mass is 334 g/mol. The van der Waals surface area contributed by atoms with Crippen molar-refractivity contribution in [3.63, 3.8) is 0 Å². The number of anilines is 1. The number of aromatic nitrogens is 1. The average Bonchev–Trinajstić information content (AvgIpc) is 2.46. The van der Waals surface area contributed by atoms with Crippen LogP contribution in [0, 0.1) is 24.4 Å². The number of carbonyl (C=O) groups excluding carboxylic acids is 1. The number of carbonyl (C=O) groups is 1. The molecule has 0 atom stereocenters. The number of amides is 1. The van der Waals surface area contributed by atoms with Crippen LogP contribution < -0.4 is 5.32 Å². The van der Waals surface area contributed by atoms with Gasteiger partial charge >= 0.3 is 6.18 Å². The molecule has 0 aliphatic heterocycles. The van der Waals surface area contributed by atoms with Crippen molar-refractivity contribution in [3.05, 3.63) is 58.7 Å². The van der Waals surface area contributed by atoms with E-state index in [9.17, 15) is 31.1 Å². The highest BCUT2D eigenvalue weighted by molar-refractivity contribution is 6.05. The lowest BCUT2D eigenvalue weighted by molar-refractivity contribution is -0.141. The molecule has 2 aromatic rings. The second-order valence-electron chi connectivity index (χ2n) is 4.50. The molecular formula is C14H8F6N2O. The fourth-order valence-electron chi connectivity index (χ4n) is 1.77. The molecule has 122 valence electrons. The van der Waals surface area contributed by atoms with Crippen LogP contribution in [-0.2, 0) is 6.18 Å². The van der Waals surface area contributed by atoms with Crippen LogP contribution in [0.3, 0.4) is 0 Å². The van der Waals surface area contributed by atoms with Gasteiger partial charge in [0.1, 0.15) is 5.69 Å². The Kier molecular flexibility index (Phi) is 4.31. The minimum atomic E-state index is -4.67. The topological polar surface area (TPSA) is 42.0 Å². The van der Waals surface area contributed by atoms with Crippen LogP contribution in [0.5, 0.6) is 0 Å². The van der Waals surface area contributed by atoms with E-state index < -0.39 is 40.9 Å². The summed E-state index contributed by atoms with van der Waals surface area (Å²) in [5.41, 5.74) is -2.35. The number of alkyl halides is 3. The van der Waals surface area contributed by atoms with E-state index in [0.29, 0.717) is 12.1 Å². The molecule has 1 aromatic carbocycles. The maximum absolute atomic E-state index is 13.5. The third kappa shape index (κ3) is 3.43. The van der Waals surface area contributed by atoms with Crippen LogP contribution in [0.15, 0.2) is 24.3 Å². The van der Waals surface area contributed by atoms with Gasteiger partial charge in [0.05, 0.1) is 16.9 Å². The highest BCUT2D eigenvalue weighted by atomic mass is 19.4. The van der Waals surface area contributed by atoms with Gasteiger partial charge in [0.2, 0.25) is 0 Å². The first-order chi connectivity index (χ1) is 10.6. The van der Waals surface area contributed by atoms with E-state index in [1.165, 1.54) is 0 Å². The maximum atomic E-state index is 13.5. The van der Waals surface area contributed by atoms with Crippen molar-refractivity contribution in [1.82, 2.24) is 4.98 Å². The first-order valence-corrected chi connectivity index (χ1v) is 6.11. The molecule has 0 aliphatic rings. The van der Waals surface area contributed by atoms with Gasteiger partial charge in [-0.25, -0.2) is 18.2 Å². The molecule has 1 N–H and O–H groups in total. The van der Waals surface area contributed by atoms with Crippen LogP contribution in [0.1, 0.15) is 21.7 Å². The lowest BCUT2D eigenvalue weighted by atomic mass is 10.1. The van der Waals surface area contributed by atoms with E-state index in [1.807, 2.05) is 5.32 Å². The molecule has 3 nitrogen and oxygen atoms in total. The zero-order chi connectivity index (χ0) is 17.4. The fourth-order valence-corrected chi connectivity index (χ4v) is 1.77. The molecule has 9 heteroatoms. The SMILES string of the molecule is Cc1nc(C(F)(F)F)ccc1C(=O)Nc1ccc(F)c(F)c1F. The number of pyridine rings is 1. The van der Waals surface area contributed by atoms with E-state index in [1.54, 1.807) is 0 Å². The van der Waals surface area contributed by atoms with Crippen LogP contribution in [0.4, 0.5) is 32.0 Å². The first kappa shape index (κ1) is 16.8. The third-order valence-electron chi connectivity index (χ3n) is 2.90. The Bertz CT molecular complexity index is 773. The summed E-state index contributed by atoms with van der Waals surface area (Å²) < 4.78 is 76.8. The van der Waals surface area contributed by atoms with Gasteiger partial charge in [-0.1, -0.05) is 0 Å². The van der Waals surface area contributed by atoms with Gasteiger partial charge in [0.25, 0.3) is 5.91 Å². The molecule has 0 fully saturated rings. The van der Waals surface area contributed by atoms with Gasteiger partial charge in [-0.2, -0.15) is 13.2 Å². The van der Waals surface area contributed by atoms with Crippen LogP contribution >= 0.6 is 0 Å². The molecule has 1 heterocycles. The summed E-state index contributed by atoms with van der Waals surface area (Å²) in [4.78, 5) is 15.2. The van der Waals surface area contributed by atoms with E-state index in [2.05, 4.69) is 4.98 Å². The Balaban J connectivity index is 2.30. The van der Waals surface area contributed by atoms with Gasteiger partial charge in [-0.15, -0.1) is 0 Å². The molecule has 1 amide bonds. The van der Waals surface area contributed by atoms with Crippen molar-refractivity contribution in [2.45, 2.75) is 13.1 Å². The molecule has 0 saturated heterocycles. The second-order valence-corrected chi connectivity index (χ2v) is 4.50. The Morgan fingerprint density at radius 3 is 2.26 bits per heavy atom. The number of aryl methyl sites for hydroxylation is 1. The fraction of sp³-hybridized carbons (Fsp3) is 0.143. The van der Waals surface area contributed by atoms with Crippen molar-refractivity contribution >= 4 is 11.6 Å². The Hall–Kier alpha value is -2.58. The highest BCUT2D eigenvalue weighted by Gasteiger charge is 2.33. The van der Waals surface area contributed by atoms with E-state index in [4.69, 9.17) is 0 Å². The van der Waals surface area contributed by atoms with Crippen molar-refractivity contribution in [2.24, 2.45) is 0 Å². The van der Waals surface area contributed by atoms with Gasteiger partial charge in [-0.05, 0) is 31.2 Å². The minimum Gasteiger partial charge on any atom is -0.319 e. The van der Waals surface area contributed by atoms with Gasteiger partial charge in [0, 0.05) is 0 Å². The molecule has 0 spiro atoms. The molecule has 0 saturated carbocycles. The Labute approximate surface area is 126 Å². The number of benzene rings is 1. The second kappa shape index (κ2) is 5.90. The molecule has 0 radical (unpaired) electrons. The van der Waals surface area contributed by atoms with Crippen LogP contribution in [0.25, 0.3) is 0 Å². The third-order valence-corrected chi connectivity index (χ3v) is 2.90. The molecular weight excluding hydrogens is 326 g/mol. The summed E-state index contributed by atoms with van der Waals surface area (Å²) >= 11 is 0. The number of hydrogen-bond acceptors (Lipinski definition) is 2. The van der Waals surface area contributed by atoms with Gasteiger partial charge in [-0.3, -0.25) is 4.79 Å². The molecule has 0 unspecified atom stereocenters. The van der Waals surface area contributed by atoms with Crippen molar-refractivity contribution in [1.29, 1.82) is 0 Å². The zero-order valence-electron chi connectivity index (χ0n) is 11.4. The van der Waals surface area contributed by atoms with Gasteiger partial charge in [0.15, 0.2) is 17.5 Å². The number of nitrogens with one attached hydrogen (secondary N) is 1. The summed E-state index contributed by atoms with van der Waals surface area (Å²) in [6, 6.07) is 2.84. The highest BCUT2D eigenvalue weighted by Crippen LogP contribution is 2.28. The van der Waals surface area contributed by atoms with E-state index in [0.717, 1.165) is 19.1 Å². The summed E-state index contributed by atoms with van der Waals surface area (Å²) in [7, 11) is 0. The number of hydrogen-bond donors (Lipinski definition) is 1. The van der Waals surface area contributed by atoms with E-state index in [-0.39, 0.29) is 11.3 Å². The van der Waals surface area contributed by atoms with Crippen LogP contribution in [-0.4, -0.2) is 10.9 Å². The molecule has 1 aromatic heterocycles. The largest absolute Gasteiger partial charge is 0.433 e. The number of rotatable bonds is 2. The molecule has 0 bridgehead atoms. The standard InChI is InChI=1S/C14H8F6N2O/c1-6-7(2-5-10(21-6)14(18,19)20)13(23)22-9-4-3-8(15)11(16)12(9)17/h2-5H,1H3,(H,22,23). The lowest BCUT2D eigenvalue weighted by Gasteiger charge is -2.11. The lowest BCUT2D eigenvalue weighted by Crippen LogP contribution is -2.17. The predicted molar refractivity (Wildman–Crippen MR) is 68.2 cm³/mol. The zero-order valence-corrected chi connectivity index (χ0v) is 11.4.